The minimum atomic E-state index is -0.383. The molecular formula is C26H25N3O3. The molecule has 1 unspecified atom stereocenters. The van der Waals surface area contributed by atoms with E-state index in [4.69, 9.17) is 4.74 Å². The summed E-state index contributed by atoms with van der Waals surface area (Å²) in [6, 6.07) is 18.3. The summed E-state index contributed by atoms with van der Waals surface area (Å²) in [6.45, 7) is 4.23. The molecule has 0 spiro atoms. The van der Waals surface area contributed by atoms with E-state index in [1.165, 1.54) is 0 Å². The Bertz CT molecular complexity index is 1240. The van der Waals surface area contributed by atoms with Crippen molar-refractivity contribution in [2.75, 3.05) is 11.9 Å². The number of phenolic OH excluding ortho intramolecular Hbond substituents is 1. The fourth-order valence-electron chi connectivity index (χ4n) is 3.60. The smallest absolute Gasteiger partial charge is 0.338 e. The Morgan fingerprint density at radius 2 is 1.88 bits per heavy atom. The fraction of sp³-hybridized carbons (Fsp3) is 0.192. The maximum Gasteiger partial charge on any atom is 0.338 e. The highest BCUT2D eigenvalue weighted by Gasteiger charge is 2.20. The lowest BCUT2D eigenvalue weighted by molar-refractivity contribution is 0.0505. The molecule has 0 aliphatic heterocycles. The molecule has 32 heavy (non-hydrogen) atoms. The largest absolute Gasteiger partial charge is 0.505 e. The SMILES string of the molecule is CCCOC(=O)c1cccc(NC(c2ccncc2)c2ccc3ccc(C)nc3c2O)c1. The molecule has 2 heterocycles. The molecule has 2 N–H and O–H groups in total. The molecule has 0 aliphatic carbocycles. The highest BCUT2D eigenvalue weighted by atomic mass is 16.5. The van der Waals surface area contributed by atoms with Crippen molar-refractivity contribution in [3.63, 3.8) is 0 Å². The third kappa shape index (κ3) is 4.54. The molecule has 6 nitrogen and oxygen atoms in total. The van der Waals surface area contributed by atoms with E-state index in [1.54, 1.807) is 30.6 Å². The molecule has 0 fully saturated rings. The van der Waals surface area contributed by atoms with Gasteiger partial charge in [0.2, 0.25) is 0 Å². The van der Waals surface area contributed by atoms with Gasteiger partial charge in [0, 0.05) is 34.7 Å². The quantitative estimate of drug-likeness (QED) is 0.384. The van der Waals surface area contributed by atoms with Gasteiger partial charge in [0.1, 0.15) is 11.3 Å². The van der Waals surface area contributed by atoms with Crippen molar-refractivity contribution in [2.45, 2.75) is 26.3 Å². The second-order valence-corrected chi connectivity index (χ2v) is 7.60. The second-order valence-electron chi connectivity index (χ2n) is 7.60. The van der Waals surface area contributed by atoms with Crippen LogP contribution in [0.3, 0.4) is 0 Å². The topological polar surface area (TPSA) is 84.3 Å². The number of rotatable bonds is 7. The van der Waals surface area contributed by atoms with Crippen molar-refractivity contribution in [1.29, 1.82) is 0 Å². The van der Waals surface area contributed by atoms with Crippen LogP contribution in [0.25, 0.3) is 10.9 Å². The van der Waals surface area contributed by atoms with Gasteiger partial charge in [-0.3, -0.25) is 4.98 Å². The van der Waals surface area contributed by atoms with Crippen molar-refractivity contribution in [3.05, 3.63) is 95.4 Å². The van der Waals surface area contributed by atoms with Crippen molar-refractivity contribution in [3.8, 4) is 5.75 Å². The molecule has 6 heteroatoms. The molecule has 2 aromatic heterocycles. The van der Waals surface area contributed by atoms with Gasteiger partial charge < -0.3 is 15.2 Å². The van der Waals surface area contributed by atoms with Crippen LogP contribution in [0.1, 0.15) is 46.6 Å². The highest BCUT2D eigenvalue weighted by Crippen LogP contribution is 2.36. The number of pyridine rings is 2. The molecule has 0 saturated heterocycles. The zero-order chi connectivity index (χ0) is 22.5. The Kier molecular flexibility index (Phi) is 6.31. The average molecular weight is 428 g/mol. The number of nitrogens with one attached hydrogen (secondary N) is 1. The summed E-state index contributed by atoms with van der Waals surface area (Å²) in [4.78, 5) is 21.0. The number of fused-ring (bicyclic) bond motifs is 1. The first-order valence-corrected chi connectivity index (χ1v) is 10.6. The van der Waals surface area contributed by atoms with Crippen molar-refractivity contribution < 1.29 is 14.6 Å². The van der Waals surface area contributed by atoms with Crippen molar-refractivity contribution >= 4 is 22.6 Å². The first-order chi connectivity index (χ1) is 15.6. The van der Waals surface area contributed by atoms with Gasteiger partial charge >= 0.3 is 5.97 Å². The normalized spacial score (nSPS) is 11.8. The van der Waals surface area contributed by atoms with Gasteiger partial charge in [-0.05, 0) is 55.3 Å². The van der Waals surface area contributed by atoms with Crippen molar-refractivity contribution in [2.24, 2.45) is 0 Å². The van der Waals surface area contributed by atoms with E-state index in [0.717, 1.165) is 28.8 Å². The molecular weight excluding hydrogens is 402 g/mol. The number of aryl methyl sites for hydroxylation is 1. The van der Waals surface area contributed by atoms with E-state index < -0.39 is 0 Å². The van der Waals surface area contributed by atoms with Crippen LogP contribution in [0.2, 0.25) is 0 Å². The number of aromatic nitrogens is 2. The molecule has 1 atom stereocenters. The predicted octanol–water partition coefficient (Wildman–Crippen LogP) is 5.41. The van der Waals surface area contributed by atoms with E-state index in [-0.39, 0.29) is 17.8 Å². The number of hydrogen-bond donors (Lipinski definition) is 2. The second kappa shape index (κ2) is 9.47. The summed E-state index contributed by atoms with van der Waals surface area (Å²) in [5.41, 5.74) is 4.19. The number of carbonyl (C=O) groups excluding carboxylic acids is 1. The molecule has 0 radical (unpaired) electrons. The Hall–Kier alpha value is -3.93. The van der Waals surface area contributed by atoms with E-state index in [1.807, 2.05) is 56.3 Å². The molecule has 0 bridgehead atoms. The van der Waals surface area contributed by atoms with Gasteiger partial charge in [-0.2, -0.15) is 0 Å². The zero-order valence-corrected chi connectivity index (χ0v) is 18.1. The molecule has 162 valence electrons. The molecule has 0 amide bonds. The van der Waals surface area contributed by atoms with Crippen LogP contribution in [0, 0.1) is 6.92 Å². The maximum atomic E-state index is 12.3. The average Bonchev–Trinajstić information content (AvgIpc) is 2.82. The van der Waals surface area contributed by atoms with Crippen LogP contribution in [0.5, 0.6) is 5.75 Å². The van der Waals surface area contributed by atoms with Crippen LogP contribution in [0.4, 0.5) is 5.69 Å². The monoisotopic (exact) mass is 427 g/mol. The van der Waals surface area contributed by atoms with Gasteiger partial charge in [0.25, 0.3) is 0 Å². The summed E-state index contributed by atoms with van der Waals surface area (Å²) in [5, 5.41) is 15.5. The minimum Gasteiger partial charge on any atom is -0.505 e. The first-order valence-electron chi connectivity index (χ1n) is 10.6. The Balaban J connectivity index is 1.75. The minimum absolute atomic E-state index is 0.124. The van der Waals surface area contributed by atoms with Crippen molar-refractivity contribution in [1.82, 2.24) is 9.97 Å². The Labute approximate surface area is 186 Å². The third-order valence-electron chi connectivity index (χ3n) is 5.20. The van der Waals surface area contributed by atoms with Crippen LogP contribution in [-0.2, 0) is 4.74 Å². The van der Waals surface area contributed by atoms with Crippen LogP contribution in [0.15, 0.2) is 73.1 Å². The van der Waals surface area contributed by atoms with E-state index in [9.17, 15) is 9.90 Å². The van der Waals surface area contributed by atoms with Gasteiger partial charge in [0.05, 0.1) is 18.2 Å². The number of phenols is 1. The Morgan fingerprint density at radius 1 is 1.09 bits per heavy atom. The summed E-state index contributed by atoms with van der Waals surface area (Å²) >= 11 is 0. The molecule has 4 rings (SSSR count). The lowest BCUT2D eigenvalue weighted by atomic mass is 9.96. The van der Waals surface area contributed by atoms with Crippen LogP contribution >= 0.6 is 0 Å². The maximum absolute atomic E-state index is 12.3. The summed E-state index contributed by atoms with van der Waals surface area (Å²) in [5.74, 6) is -0.233. The number of nitrogens with zero attached hydrogens (tertiary/aromatic N) is 2. The van der Waals surface area contributed by atoms with Gasteiger partial charge in [-0.15, -0.1) is 0 Å². The number of aromatic hydroxyl groups is 1. The fourth-order valence-corrected chi connectivity index (χ4v) is 3.60. The third-order valence-corrected chi connectivity index (χ3v) is 5.20. The first kappa shape index (κ1) is 21.3. The van der Waals surface area contributed by atoms with E-state index >= 15 is 0 Å². The molecule has 0 aliphatic rings. The van der Waals surface area contributed by atoms with Gasteiger partial charge in [-0.1, -0.05) is 31.2 Å². The number of anilines is 1. The lowest BCUT2D eigenvalue weighted by Crippen LogP contribution is -2.14. The predicted molar refractivity (Wildman–Crippen MR) is 125 cm³/mol. The zero-order valence-electron chi connectivity index (χ0n) is 18.1. The van der Waals surface area contributed by atoms with E-state index in [0.29, 0.717) is 23.3 Å². The van der Waals surface area contributed by atoms with E-state index in [2.05, 4.69) is 15.3 Å². The molecule has 0 saturated carbocycles. The van der Waals surface area contributed by atoms with Crippen LogP contribution in [-0.4, -0.2) is 27.7 Å². The molecule has 2 aromatic carbocycles. The number of ether oxygens (including phenoxy) is 1. The van der Waals surface area contributed by atoms with Crippen LogP contribution < -0.4 is 5.32 Å². The van der Waals surface area contributed by atoms with Gasteiger partial charge in [-0.25, -0.2) is 9.78 Å². The summed E-state index contributed by atoms with van der Waals surface area (Å²) in [6.07, 6.45) is 4.19. The Morgan fingerprint density at radius 3 is 2.66 bits per heavy atom. The molecule has 4 aromatic rings. The number of carbonyl (C=O) groups is 1. The number of esters is 1. The highest BCUT2D eigenvalue weighted by molar-refractivity contribution is 5.90. The standard InChI is InChI=1S/C26H25N3O3/c1-3-15-32-26(31)20-5-4-6-21(16-20)29-23(19-11-13-27-14-12-19)22-10-9-18-8-7-17(2)28-24(18)25(22)30/h4-14,16,23,29-30H,3,15H2,1-2H3. The number of hydrogen-bond acceptors (Lipinski definition) is 6. The summed E-state index contributed by atoms with van der Waals surface area (Å²) in [7, 11) is 0. The van der Waals surface area contributed by atoms with Gasteiger partial charge in [0.15, 0.2) is 0 Å². The lowest BCUT2D eigenvalue weighted by Gasteiger charge is -2.23. The number of benzene rings is 2. The summed E-state index contributed by atoms with van der Waals surface area (Å²) < 4.78 is 5.26.